The molecule has 1 aliphatic heterocycles. The van der Waals surface area contributed by atoms with E-state index in [0.29, 0.717) is 12.0 Å². The summed E-state index contributed by atoms with van der Waals surface area (Å²) >= 11 is 0. The van der Waals surface area contributed by atoms with Gasteiger partial charge in [-0.1, -0.05) is 6.07 Å². The minimum absolute atomic E-state index is 0.0507. The Balaban J connectivity index is 1.83. The molecule has 5 heteroatoms. The fourth-order valence-electron chi connectivity index (χ4n) is 3.81. The highest BCUT2D eigenvalue weighted by Gasteiger charge is 2.45. The van der Waals surface area contributed by atoms with Crippen molar-refractivity contribution in [2.75, 3.05) is 6.54 Å². The van der Waals surface area contributed by atoms with Gasteiger partial charge in [0.2, 0.25) is 5.91 Å². The van der Waals surface area contributed by atoms with Crippen LogP contribution in [0.2, 0.25) is 0 Å². The van der Waals surface area contributed by atoms with Crippen LogP contribution in [0, 0.1) is 5.41 Å². The van der Waals surface area contributed by atoms with Crippen molar-refractivity contribution in [3.05, 3.63) is 34.9 Å². The number of nitrogens with zero attached hydrogens (tertiary/aromatic N) is 1. The minimum Gasteiger partial charge on any atom is -0.340 e. The van der Waals surface area contributed by atoms with Gasteiger partial charge < -0.3 is 4.90 Å². The maximum absolute atomic E-state index is 12.2. The number of benzene rings is 1. The monoisotopic (exact) mass is 302 g/mol. The van der Waals surface area contributed by atoms with E-state index < -0.39 is 5.91 Å². The summed E-state index contributed by atoms with van der Waals surface area (Å²) in [6, 6.07) is 5.80. The smallest absolute Gasteiger partial charge is 0.274 e. The molecular weight excluding hydrogens is 280 g/mol. The molecule has 1 fully saturated rings. The van der Waals surface area contributed by atoms with E-state index in [1.54, 1.807) is 11.5 Å². The molecule has 1 aromatic carbocycles. The van der Waals surface area contributed by atoms with Crippen LogP contribution >= 0.6 is 0 Å². The Kier molecular flexibility index (Phi) is 3.68. The summed E-state index contributed by atoms with van der Waals surface area (Å²) in [6.07, 6.45) is 3.36. The van der Waals surface area contributed by atoms with Crippen LogP contribution in [0.4, 0.5) is 0 Å². The zero-order chi connectivity index (χ0) is 15.9. The number of likely N-dealkylation sites (tertiary alicyclic amines) is 1. The van der Waals surface area contributed by atoms with Crippen molar-refractivity contribution in [1.29, 1.82) is 0 Å². The molecule has 1 atom stereocenters. The van der Waals surface area contributed by atoms with Gasteiger partial charge >= 0.3 is 0 Å². The Bertz CT molecular complexity index is 626. The van der Waals surface area contributed by atoms with Gasteiger partial charge in [-0.25, -0.2) is 5.48 Å². The Hall–Kier alpha value is -1.88. The number of rotatable bonds is 2. The van der Waals surface area contributed by atoms with Crippen LogP contribution in [0.1, 0.15) is 48.2 Å². The molecule has 3 rings (SSSR count). The van der Waals surface area contributed by atoms with Crippen molar-refractivity contribution in [3.63, 3.8) is 0 Å². The van der Waals surface area contributed by atoms with Gasteiger partial charge in [-0.2, -0.15) is 0 Å². The summed E-state index contributed by atoms with van der Waals surface area (Å²) in [7, 11) is 0. The maximum atomic E-state index is 12.2. The average Bonchev–Trinajstić information content (AvgIpc) is 2.82. The van der Waals surface area contributed by atoms with Crippen molar-refractivity contribution >= 4 is 11.8 Å². The summed E-state index contributed by atoms with van der Waals surface area (Å²) in [4.78, 5) is 25.7. The molecule has 2 N–H and O–H groups in total. The fraction of sp³-hybridized carbons (Fsp3) is 0.529. The molecule has 0 bridgehead atoms. The molecule has 1 spiro atoms. The molecule has 0 unspecified atom stereocenters. The molecule has 118 valence electrons. The second kappa shape index (κ2) is 5.39. The zero-order valence-electron chi connectivity index (χ0n) is 13.1. The summed E-state index contributed by atoms with van der Waals surface area (Å²) in [5.74, 6) is -0.222. The van der Waals surface area contributed by atoms with Crippen molar-refractivity contribution in [3.8, 4) is 0 Å². The number of hydroxylamine groups is 1. The van der Waals surface area contributed by atoms with Gasteiger partial charge in [-0.05, 0) is 56.4 Å². The molecule has 0 aromatic heterocycles. The summed E-state index contributed by atoms with van der Waals surface area (Å²) in [5.41, 5.74) is 4.57. The maximum Gasteiger partial charge on any atom is 0.274 e. The van der Waals surface area contributed by atoms with Crippen molar-refractivity contribution in [1.82, 2.24) is 10.4 Å². The number of hydrogen-bond acceptors (Lipinski definition) is 3. The second-order valence-electron chi connectivity index (χ2n) is 6.89. The van der Waals surface area contributed by atoms with E-state index in [1.165, 1.54) is 5.56 Å². The number of carbonyl (C=O) groups excluding carboxylic acids is 2. The highest BCUT2D eigenvalue weighted by molar-refractivity contribution is 5.93. The van der Waals surface area contributed by atoms with Crippen LogP contribution in [0.5, 0.6) is 0 Å². The lowest BCUT2D eigenvalue weighted by molar-refractivity contribution is -0.129. The fourth-order valence-corrected chi connectivity index (χ4v) is 3.81. The van der Waals surface area contributed by atoms with E-state index in [-0.39, 0.29) is 17.4 Å². The Labute approximate surface area is 130 Å². The normalized spacial score (nSPS) is 24.0. The van der Waals surface area contributed by atoms with Gasteiger partial charge in [-0.3, -0.25) is 14.8 Å². The van der Waals surface area contributed by atoms with Gasteiger partial charge in [0.1, 0.15) is 0 Å². The third-order valence-electron chi connectivity index (χ3n) is 5.04. The highest BCUT2D eigenvalue weighted by atomic mass is 16.5. The van der Waals surface area contributed by atoms with Crippen LogP contribution < -0.4 is 5.48 Å². The Morgan fingerprint density at radius 3 is 2.73 bits per heavy atom. The lowest BCUT2D eigenvalue weighted by atomic mass is 9.70. The van der Waals surface area contributed by atoms with Gasteiger partial charge in [0.15, 0.2) is 0 Å². The van der Waals surface area contributed by atoms with Crippen LogP contribution in [-0.2, 0) is 17.6 Å². The Morgan fingerprint density at radius 2 is 2.09 bits per heavy atom. The van der Waals surface area contributed by atoms with Gasteiger partial charge in [-0.15, -0.1) is 0 Å². The third-order valence-corrected chi connectivity index (χ3v) is 5.04. The lowest BCUT2D eigenvalue weighted by Gasteiger charge is -2.35. The second-order valence-corrected chi connectivity index (χ2v) is 6.89. The number of nitrogens with one attached hydrogen (secondary N) is 1. The number of hydrogen-bond donors (Lipinski definition) is 2. The van der Waals surface area contributed by atoms with Crippen molar-refractivity contribution < 1.29 is 14.8 Å². The summed E-state index contributed by atoms with van der Waals surface area (Å²) < 4.78 is 0. The van der Waals surface area contributed by atoms with Gasteiger partial charge in [0.25, 0.3) is 5.91 Å². The molecule has 5 nitrogen and oxygen atoms in total. The molecule has 0 radical (unpaired) electrons. The molecule has 22 heavy (non-hydrogen) atoms. The minimum atomic E-state index is -0.481. The first kappa shape index (κ1) is 15.0. The first-order valence-electron chi connectivity index (χ1n) is 7.80. The molecule has 1 aromatic rings. The molecule has 1 aliphatic carbocycles. The molecule has 0 saturated carbocycles. The molecular formula is C17H22N2O3. The standard InChI is InChI=1S/C17H22N2O3/c1-11(2)19-10-17(9-15(19)20)6-5-12-7-13(16(21)18-22)3-4-14(12)8-17/h3-4,7,11,22H,5-6,8-10H2,1-2H3,(H,18,21)/t17-/m0/s1. The largest absolute Gasteiger partial charge is 0.340 e. The first-order chi connectivity index (χ1) is 10.4. The topological polar surface area (TPSA) is 69.6 Å². The van der Waals surface area contributed by atoms with Crippen molar-refractivity contribution in [2.45, 2.75) is 45.6 Å². The SMILES string of the molecule is CC(C)N1C[C@]2(CCc3cc(C(=O)NO)ccc3C2)CC1=O. The highest BCUT2D eigenvalue weighted by Crippen LogP contribution is 2.43. The third kappa shape index (κ3) is 2.50. The van der Waals surface area contributed by atoms with Crippen LogP contribution in [-0.4, -0.2) is 34.5 Å². The molecule has 1 heterocycles. The quantitative estimate of drug-likeness (QED) is 0.648. The summed E-state index contributed by atoms with van der Waals surface area (Å²) in [6.45, 7) is 4.96. The van der Waals surface area contributed by atoms with E-state index in [9.17, 15) is 9.59 Å². The van der Waals surface area contributed by atoms with E-state index in [1.807, 2.05) is 17.0 Å². The Morgan fingerprint density at radius 1 is 1.32 bits per heavy atom. The van der Waals surface area contributed by atoms with Gasteiger partial charge in [0, 0.05) is 30.0 Å². The first-order valence-corrected chi connectivity index (χ1v) is 7.80. The van der Waals surface area contributed by atoms with E-state index in [4.69, 9.17) is 5.21 Å². The number of amides is 2. The van der Waals surface area contributed by atoms with Crippen LogP contribution in [0.25, 0.3) is 0 Å². The van der Waals surface area contributed by atoms with Gasteiger partial charge in [0.05, 0.1) is 0 Å². The van der Waals surface area contributed by atoms with E-state index in [0.717, 1.165) is 31.4 Å². The number of carbonyl (C=O) groups is 2. The van der Waals surface area contributed by atoms with E-state index >= 15 is 0 Å². The predicted molar refractivity (Wildman–Crippen MR) is 81.6 cm³/mol. The predicted octanol–water partition coefficient (Wildman–Crippen LogP) is 1.92. The average molecular weight is 302 g/mol. The number of fused-ring (bicyclic) bond motifs is 1. The van der Waals surface area contributed by atoms with Crippen LogP contribution in [0.3, 0.4) is 0 Å². The zero-order valence-corrected chi connectivity index (χ0v) is 13.1. The molecule has 2 amide bonds. The molecule has 2 aliphatic rings. The van der Waals surface area contributed by atoms with Crippen LogP contribution in [0.15, 0.2) is 18.2 Å². The van der Waals surface area contributed by atoms with Crippen molar-refractivity contribution in [2.24, 2.45) is 5.41 Å². The summed E-state index contributed by atoms with van der Waals surface area (Å²) in [5, 5.41) is 8.73. The van der Waals surface area contributed by atoms with E-state index in [2.05, 4.69) is 13.8 Å². The molecule has 1 saturated heterocycles. The lowest BCUT2D eigenvalue weighted by Crippen LogP contribution is -2.36. The number of aryl methyl sites for hydroxylation is 1.